The summed E-state index contributed by atoms with van der Waals surface area (Å²) in [6, 6.07) is 12.4. The molecule has 1 saturated heterocycles. The molecule has 0 spiro atoms. The first-order chi connectivity index (χ1) is 15.5. The molecule has 3 rings (SSSR count). The molecule has 2 aromatic rings. The van der Waals surface area contributed by atoms with Gasteiger partial charge in [-0.05, 0) is 55.7 Å². The van der Waals surface area contributed by atoms with Crippen LogP contribution in [0.15, 0.2) is 42.5 Å². The summed E-state index contributed by atoms with van der Waals surface area (Å²) in [5.41, 5.74) is 0.908. The lowest BCUT2D eigenvalue weighted by Gasteiger charge is -2.32. The zero-order valence-corrected chi connectivity index (χ0v) is 18.0. The molecule has 1 N–H and O–H groups in total. The van der Waals surface area contributed by atoms with Crippen LogP contribution in [0.4, 0.5) is 4.39 Å². The molecule has 168 valence electrons. The van der Waals surface area contributed by atoms with Crippen molar-refractivity contribution in [3.8, 4) is 17.6 Å². The highest BCUT2D eigenvalue weighted by Crippen LogP contribution is 2.28. The lowest BCUT2D eigenvalue weighted by Crippen LogP contribution is -2.46. The quantitative estimate of drug-likeness (QED) is 0.638. The van der Waals surface area contributed by atoms with Crippen molar-refractivity contribution in [2.24, 2.45) is 0 Å². The summed E-state index contributed by atoms with van der Waals surface area (Å²) in [6.45, 7) is 1.52. The van der Waals surface area contributed by atoms with Crippen molar-refractivity contribution in [1.29, 1.82) is 5.26 Å². The lowest BCUT2D eigenvalue weighted by atomic mass is 10.0. The van der Waals surface area contributed by atoms with Crippen LogP contribution >= 0.6 is 0 Å². The minimum atomic E-state index is -0.380. The van der Waals surface area contributed by atoms with Crippen LogP contribution in [0.2, 0.25) is 0 Å². The Kier molecular flexibility index (Phi) is 8.03. The molecule has 2 amide bonds. The van der Waals surface area contributed by atoms with Gasteiger partial charge < -0.3 is 19.7 Å². The second-order valence-electron chi connectivity index (χ2n) is 7.56. The lowest BCUT2D eigenvalue weighted by molar-refractivity contribution is -0.132. The van der Waals surface area contributed by atoms with E-state index < -0.39 is 0 Å². The SMILES string of the molecule is COc1cc(C#N)ccc1OCCCC(=O)N1CCC(NC(=O)c2ccc(F)cc2)CC1. The number of benzene rings is 2. The highest BCUT2D eigenvalue weighted by atomic mass is 19.1. The van der Waals surface area contributed by atoms with E-state index in [1.54, 1.807) is 18.2 Å². The number of nitrogens with zero attached hydrogens (tertiary/aromatic N) is 2. The number of nitrogens with one attached hydrogen (secondary N) is 1. The molecule has 2 aromatic carbocycles. The number of likely N-dealkylation sites (tertiary alicyclic amines) is 1. The summed E-state index contributed by atoms with van der Waals surface area (Å²) in [5.74, 6) is 0.473. The first-order valence-corrected chi connectivity index (χ1v) is 10.6. The molecule has 0 aliphatic carbocycles. The van der Waals surface area contributed by atoms with Gasteiger partial charge in [-0.25, -0.2) is 4.39 Å². The van der Waals surface area contributed by atoms with E-state index in [9.17, 15) is 14.0 Å². The third-order valence-corrected chi connectivity index (χ3v) is 5.37. The Labute approximate surface area is 186 Å². The molecule has 0 bridgehead atoms. The van der Waals surface area contributed by atoms with Gasteiger partial charge >= 0.3 is 0 Å². The molecule has 8 heteroatoms. The Hall–Kier alpha value is -3.60. The number of hydrogen-bond donors (Lipinski definition) is 1. The first-order valence-electron chi connectivity index (χ1n) is 10.6. The average Bonchev–Trinajstić information content (AvgIpc) is 2.82. The van der Waals surface area contributed by atoms with E-state index >= 15 is 0 Å². The van der Waals surface area contributed by atoms with Crippen molar-refractivity contribution in [2.45, 2.75) is 31.7 Å². The first kappa shape index (κ1) is 23.1. The van der Waals surface area contributed by atoms with E-state index in [1.807, 2.05) is 11.0 Å². The fourth-order valence-electron chi connectivity index (χ4n) is 3.56. The second kappa shape index (κ2) is 11.1. The average molecular weight is 439 g/mol. The Balaban J connectivity index is 1.37. The van der Waals surface area contributed by atoms with Crippen LogP contribution in [-0.2, 0) is 4.79 Å². The van der Waals surface area contributed by atoms with Crippen molar-refractivity contribution < 1.29 is 23.5 Å². The number of piperidine rings is 1. The van der Waals surface area contributed by atoms with Crippen LogP contribution in [0.3, 0.4) is 0 Å². The van der Waals surface area contributed by atoms with Crippen molar-refractivity contribution in [2.75, 3.05) is 26.8 Å². The van der Waals surface area contributed by atoms with Crippen molar-refractivity contribution in [3.05, 3.63) is 59.4 Å². The Bertz CT molecular complexity index is 980. The van der Waals surface area contributed by atoms with E-state index in [1.165, 1.54) is 31.4 Å². The summed E-state index contributed by atoms with van der Waals surface area (Å²) in [6.07, 6.45) is 2.28. The van der Waals surface area contributed by atoms with Gasteiger partial charge in [0.05, 0.1) is 25.3 Å². The number of nitriles is 1. The van der Waals surface area contributed by atoms with Gasteiger partial charge in [-0.2, -0.15) is 5.26 Å². The van der Waals surface area contributed by atoms with Crippen LogP contribution in [0, 0.1) is 17.1 Å². The Morgan fingerprint density at radius 3 is 2.53 bits per heavy atom. The van der Waals surface area contributed by atoms with Crippen LogP contribution < -0.4 is 14.8 Å². The van der Waals surface area contributed by atoms with E-state index in [-0.39, 0.29) is 23.7 Å². The minimum Gasteiger partial charge on any atom is -0.493 e. The van der Waals surface area contributed by atoms with Gasteiger partial charge in [-0.1, -0.05) is 0 Å². The fraction of sp³-hybridized carbons (Fsp3) is 0.375. The van der Waals surface area contributed by atoms with E-state index in [4.69, 9.17) is 14.7 Å². The Morgan fingerprint density at radius 2 is 1.88 bits per heavy atom. The number of methoxy groups -OCH3 is 1. The van der Waals surface area contributed by atoms with Crippen molar-refractivity contribution in [1.82, 2.24) is 10.2 Å². The van der Waals surface area contributed by atoms with E-state index in [0.717, 1.165) is 0 Å². The fourth-order valence-corrected chi connectivity index (χ4v) is 3.56. The highest BCUT2D eigenvalue weighted by molar-refractivity contribution is 5.94. The summed E-state index contributed by atoms with van der Waals surface area (Å²) >= 11 is 0. The minimum absolute atomic E-state index is 0.0104. The predicted molar refractivity (Wildman–Crippen MR) is 116 cm³/mol. The molecular formula is C24H26FN3O4. The molecular weight excluding hydrogens is 413 g/mol. The number of carbonyl (C=O) groups excluding carboxylic acids is 2. The molecule has 0 radical (unpaired) electrons. The summed E-state index contributed by atoms with van der Waals surface area (Å²) in [4.78, 5) is 26.6. The van der Waals surface area contributed by atoms with Crippen LogP contribution in [-0.4, -0.2) is 49.6 Å². The molecule has 7 nitrogen and oxygen atoms in total. The molecule has 1 aliphatic heterocycles. The molecule has 1 fully saturated rings. The summed E-state index contributed by atoms with van der Waals surface area (Å²) in [7, 11) is 1.51. The topological polar surface area (TPSA) is 91.7 Å². The smallest absolute Gasteiger partial charge is 0.251 e. The van der Waals surface area contributed by atoms with Gasteiger partial charge in [0.2, 0.25) is 5.91 Å². The van der Waals surface area contributed by atoms with Gasteiger partial charge in [0.15, 0.2) is 11.5 Å². The molecule has 0 aromatic heterocycles. The second-order valence-corrected chi connectivity index (χ2v) is 7.56. The van der Waals surface area contributed by atoms with E-state index in [0.29, 0.717) is 68.0 Å². The highest BCUT2D eigenvalue weighted by Gasteiger charge is 2.24. The third kappa shape index (κ3) is 6.20. The molecule has 1 heterocycles. The molecule has 0 unspecified atom stereocenters. The molecule has 1 aliphatic rings. The third-order valence-electron chi connectivity index (χ3n) is 5.37. The summed E-state index contributed by atoms with van der Waals surface area (Å²) in [5, 5.41) is 11.9. The van der Waals surface area contributed by atoms with Gasteiger partial charge in [-0.3, -0.25) is 9.59 Å². The zero-order valence-electron chi connectivity index (χ0n) is 18.0. The monoisotopic (exact) mass is 439 g/mol. The predicted octanol–water partition coefficient (Wildman–Crippen LogP) is 3.29. The Morgan fingerprint density at radius 1 is 1.16 bits per heavy atom. The standard InChI is InChI=1S/C24H26FN3O4/c1-31-22-15-17(16-26)4-9-21(22)32-14-2-3-23(29)28-12-10-20(11-13-28)27-24(30)18-5-7-19(25)8-6-18/h4-9,15,20H,2-3,10-14H2,1H3,(H,27,30). The van der Waals surface area contributed by atoms with Gasteiger partial charge in [0.1, 0.15) is 5.82 Å². The number of hydrogen-bond acceptors (Lipinski definition) is 5. The van der Waals surface area contributed by atoms with E-state index in [2.05, 4.69) is 5.32 Å². The number of rotatable bonds is 8. The maximum atomic E-state index is 13.0. The van der Waals surface area contributed by atoms with Crippen LogP contribution in [0.25, 0.3) is 0 Å². The van der Waals surface area contributed by atoms with Crippen LogP contribution in [0.1, 0.15) is 41.6 Å². The molecule has 32 heavy (non-hydrogen) atoms. The maximum Gasteiger partial charge on any atom is 0.251 e. The molecule has 0 saturated carbocycles. The number of halogens is 1. The van der Waals surface area contributed by atoms with Crippen molar-refractivity contribution in [3.63, 3.8) is 0 Å². The summed E-state index contributed by atoms with van der Waals surface area (Å²) < 4.78 is 23.9. The number of ether oxygens (including phenoxy) is 2. The molecule has 0 atom stereocenters. The normalized spacial score (nSPS) is 13.8. The van der Waals surface area contributed by atoms with Gasteiger partial charge in [0, 0.05) is 37.2 Å². The number of carbonyl (C=O) groups is 2. The maximum absolute atomic E-state index is 13.0. The van der Waals surface area contributed by atoms with Crippen molar-refractivity contribution >= 4 is 11.8 Å². The zero-order chi connectivity index (χ0) is 22.9. The largest absolute Gasteiger partial charge is 0.493 e. The van der Waals surface area contributed by atoms with Crippen LogP contribution in [0.5, 0.6) is 11.5 Å². The van der Waals surface area contributed by atoms with Gasteiger partial charge in [-0.15, -0.1) is 0 Å². The number of amides is 2. The van der Waals surface area contributed by atoms with Gasteiger partial charge in [0.25, 0.3) is 5.91 Å².